The van der Waals surface area contributed by atoms with Gasteiger partial charge in [-0.15, -0.1) is 0 Å². The SMILES string of the molecule is O=Cc1cc(C(F)F)c([N+](=O)[O-])c(Cl)n1. The average molecular weight is 237 g/mol. The molecule has 0 aliphatic heterocycles. The summed E-state index contributed by atoms with van der Waals surface area (Å²) in [6, 6.07) is 0.641. The topological polar surface area (TPSA) is 73.1 Å². The number of aromatic nitrogens is 1. The van der Waals surface area contributed by atoms with Gasteiger partial charge in [-0.2, -0.15) is 0 Å². The molecule has 0 N–H and O–H groups in total. The van der Waals surface area contributed by atoms with Crippen LogP contribution in [0, 0.1) is 10.1 Å². The standard InChI is InChI=1S/C7H3ClF2N2O3/c8-6-5(12(14)15)4(7(9)10)1-3(2-13)11-6/h1-2,7H. The molecule has 0 aliphatic carbocycles. The van der Waals surface area contributed by atoms with Crippen molar-refractivity contribution in [3.63, 3.8) is 0 Å². The first kappa shape index (κ1) is 11.4. The van der Waals surface area contributed by atoms with Crippen LogP contribution in [-0.4, -0.2) is 16.2 Å². The predicted octanol–water partition coefficient (Wildman–Crippen LogP) is 2.39. The first-order valence-electron chi connectivity index (χ1n) is 3.55. The van der Waals surface area contributed by atoms with Gasteiger partial charge in [-0.25, -0.2) is 13.8 Å². The van der Waals surface area contributed by atoms with Crippen molar-refractivity contribution in [3.05, 3.63) is 32.6 Å². The van der Waals surface area contributed by atoms with E-state index in [1.165, 1.54) is 0 Å². The van der Waals surface area contributed by atoms with Crippen molar-refractivity contribution >= 4 is 23.6 Å². The van der Waals surface area contributed by atoms with E-state index in [1.54, 1.807) is 0 Å². The number of alkyl halides is 2. The van der Waals surface area contributed by atoms with Gasteiger partial charge in [0.2, 0.25) is 5.15 Å². The summed E-state index contributed by atoms with van der Waals surface area (Å²) in [5.74, 6) is 0. The Kier molecular flexibility index (Phi) is 3.25. The largest absolute Gasteiger partial charge is 0.315 e. The average Bonchev–Trinajstić information content (AvgIpc) is 2.15. The van der Waals surface area contributed by atoms with Crippen molar-refractivity contribution in [3.8, 4) is 0 Å². The highest BCUT2D eigenvalue weighted by Crippen LogP contribution is 2.33. The smallest absolute Gasteiger partial charge is 0.296 e. The number of nitrogens with zero attached hydrogens (tertiary/aromatic N) is 2. The summed E-state index contributed by atoms with van der Waals surface area (Å²) in [5, 5.41) is 9.68. The lowest BCUT2D eigenvalue weighted by Crippen LogP contribution is -2.01. The Morgan fingerprint density at radius 1 is 1.60 bits per heavy atom. The molecule has 1 rings (SSSR count). The molecule has 1 aromatic rings. The number of hydrogen-bond acceptors (Lipinski definition) is 4. The van der Waals surface area contributed by atoms with E-state index in [9.17, 15) is 23.7 Å². The Labute approximate surface area is 86.8 Å². The van der Waals surface area contributed by atoms with Gasteiger partial charge >= 0.3 is 5.69 Å². The fourth-order valence-electron chi connectivity index (χ4n) is 0.953. The molecule has 0 amide bonds. The van der Waals surface area contributed by atoms with Crippen LogP contribution in [0.5, 0.6) is 0 Å². The van der Waals surface area contributed by atoms with Crippen LogP contribution >= 0.6 is 11.6 Å². The van der Waals surface area contributed by atoms with Gasteiger partial charge in [-0.05, 0) is 6.07 Å². The molecule has 1 aromatic heterocycles. The Bertz CT molecular complexity index is 425. The lowest BCUT2D eigenvalue weighted by Gasteiger charge is -2.03. The van der Waals surface area contributed by atoms with Crippen molar-refractivity contribution < 1.29 is 18.5 Å². The zero-order valence-electron chi connectivity index (χ0n) is 6.99. The van der Waals surface area contributed by atoms with Crippen molar-refractivity contribution in [1.29, 1.82) is 0 Å². The third kappa shape index (κ3) is 2.24. The zero-order chi connectivity index (χ0) is 11.6. The predicted molar refractivity (Wildman–Crippen MR) is 46.2 cm³/mol. The van der Waals surface area contributed by atoms with Crippen molar-refractivity contribution in [2.75, 3.05) is 0 Å². The van der Waals surface area contributed by atoms with E-state index in [0.717, 1.165) is 0 Å². The third-order valence-electron chi connectivity index (χ3n) is 1.54. The number of carbonyl (C=O) groups excluding carboxylic acids is 1. The lowest BCUT2D eigenvalue weighted by atomic mass is 10.2. The van der Waals surface area contributed by atoms with Gasteiger partial charge in [0.05, 0.1) is 4.92 Å². The lowest BCUT2D eigenvalue weighted by molar-refractivity contribution is -0.386. The van der Waals surface area contributed by atoms with Gasteiger partial charge in [0.15, 0.2) is 6.29 Å². The van der Waals surface area contributed by atoms with E-state index in [-0.39, 0.29) is 12.0 Å². The van der Waals surface area contributed by atoms with E-state index < -0.39 is 27.8 Å². The molecular formula is C7H3ClF2N2O3. The molecule has 1 heterocycles. The molecule has 0 aliphatic rings. The first-order valence-corrected chi connectivity index (χ1v) is 3.93. The number of carbonyl (C=O) groups is 1. The van der Waals surface area contributed by atoms with E-state index in [2.05, 4.69) is 4.98 Å². The molecule has 0 saturated carbocycles. The molecule has 0 atom stereocenters. The Balaban J connectivity index is 3.49. The summed E-state index contributed by atoms with van der Waals surface area (Å²) in [7, 11) is 0. The van der Waals surface area contributed by atoms with E-state index in [0.29, 0.717) is 6.07 Å². The van der Waals surface area contributed by atoms with Gasteiger partial charge in [-0.1, -0.05) is 11.6 Å². The highest BCUT2D eigenvalue weighted by molar-refractivity contribution is 6.31. The summed E-state index contributed by atoms with van der Waals surface area (Å²) >= 11 is 5.31. The summed E-state index contributed by atoms with van der Waals surface area (Å²) < 4.78 is 24.8. The van der Waals surface area contributed by atoms with Crippen LogP contribution in [0.1, 0.15) is 22.5 Å². The number of pyridine rings is 1. The minimum absolute atomic E-state index is 0.182. The van der Waals surface area contributed by atoms with Crippen LogP contribution < -0.4 is 0 Å². The normalized spacial score (nSPS) is 10.4. The van der Waals surface area contributed by atoms with Gasteiger partial charge in [0.25, 0.3) is 6.43 Å². The van der Waals surface area contributed by atoms with E-state index >= 15 is 0 Å². The quantitative estimate of drug-likeness (QED) is 0.350. The van der Waals surface area contributed by atoms with Gasteiger partial charge in [-0.3, -0.25) is 14.9 Å². The molecule has 0 saturated heterocycles. The molecule has 5 nitrogen and oxygen atoms in total. The summed E-state index contributed by atoms with van der Waals surface area (Å²) in [5.41, 5.74) is -2.26. The summed E-state index contributed by atoms with van der Waals surface area (Å²) in [6.45, 7) is 0. The molecule has 0 radical (unpaired) electrons. The van der Waals surface area contributed by atoms with Crippen LogP contribution in [0.15, 0.2) is 6.07 Å². The maximum absolute atomic E-state index is 12.4. The number of rotatable bonds is 3. The number of hydrogen-bond donors (Lipinski definition) is 0. The van der Waals surface area contributed by atoms with Crippen LogP contribution in [0.4, 0.5) is 14.5 Å². The number of halogens is 3. The minimum Gasteiger partial charge on any atom is -0.296 e. The third-order valence-corrected chi connectivity index (χ3v) is 1.80. The molecule has 0 aromatic carbocycles. The van der Waals surface area contributed by atoms with Crippen LogP contribution in [0.2, 0.25) is 5.15 Å². The Morgan fingerprint density at radius 3 is 2.60 bits per heavy atom. The van der Waals surface area contributed by atoms with E-state index in [4.69, 9.17) is 11.6 Å². The molecule has 0 spiro atoms. The van der Waals surface area contributed by atoms with Gasteiger partial charge in [0.1, 0.15) is 11.3 Å². The first-order chi connectivity index (χ1) is 6.97. The van der Waals surface area contributed by atoms with E-state index in [1.807, 2.05) is 0 Å². The number of aldehydes is 1. The van der Waals surface area contributed by atoms with Gasteiger partial charge < -0.3 is 0 Å². The molecule has 8 heteroatoms. The monoisotopic (exact) mass is 236 g/mol. The van der Waals surface area contributed by atoms with Crippen molar-refractivity contribution in [2.45, 2.75) is 6.43 Å². The second kappa shape index (κ2) is 4.26. The maximum Gasteiger partial charge on any atom is 0.315 e. The molecule has 0 fully saturated rings. The second-order valence-corrected chi connectivity index (χ2v) is 2.81. The van der Waals surface area contributed by atoms with Crippen LogP contribution in [0.3, 0.4) is 0 Å². The molecular weight excluding hydrogens is 234 g/mol. The number of nitro groups is 1. The zero-order valence-corrected chi connectivity index (χ0v) is 7.74. The van der Waals surface area contributed by atoms with Crippen LogP contribution in [-0.2, 0) is 0 Å². The highest BCUT2D eigenvalue weighted by Gasteiger charge is 2.27. The summed E-state index contributed by atoms with van der Waals surface area (Å²) in [4.78, 5) is 22.9. The Morgan fingerprint density at radius 2 is 2.20 bits per heavy atom. The van der Waals surface area contributed by atoms with Crippen molar-refractivity contribution in [1.82, 2.24) is 4.98 Å². The Hall–Kier alpha value is -1.63. The highest BCUT2D eigenvalue weighted by atomic mass is 35.5. The maximum atomic E-state index is 12.4. The fraction of sp³-hybridized carbons (Fsp3) is 0.143. The fourth-order valence-corrected chi connectivity index (χ4v) is 1.23. The molecule has 15 heavy (non-hydrogen) atoms. The minimum atomic E-state index is -3.09. The molecule has 80 valence electrons. The van der Waals surface area contributed by atoms with Crippen molar-refractivity contribution in [2.24, 2.45) is 0 Å². The molecule has 0 bridgehead atoms. The van der Waals surface area contributed by atoms with Crippen LogP contribution in [0.25, 0.3) is 0 Å². The van der Waals surface area contributed by atoms with Gasteiger partial charge in [0, 0.05) is 0 Å². The molecule has 0 unspecified atom stereocenters. The summed E-state index contributed by atoms with van der Waals surface area (Å²) in [6.07, 6.45) is -2.91. The second-order valence-electron chi connectivity index (χ2n) is 2.45.